The van der Waals surface area contributed by atoms with Crippen LogP contribution in [-0.4, -0.2) is 12.5 Å². The van der Waals surface area contributed by atoms with Gasteiger partial charge in [0.2, 0.25) is 5.91 Å². The highest BCUT2D eigenvalue weighted by molar-refractivity contribution is 5.92. The second kappa shape index (κ2) is 7.60. The van der Waals surface area contributed by atoms with Crippen LogP contribution in [0.15, 0.2) is 54.6 Å². The van der Waals surface area contributed by atoms with Crippen molar-refractivity contribution in [1.29, 1.82) is 0 Å². The van der Waals surface area contributed by atoms with Gasteiger partial charge in [0.05, 0.1) is 6.42 Å². The van der Waals surface area contributed by atoms with Crippen molar-refractivity contribution in [1.82, 2.24) is 5.32 Å². The zero-order valence-corrected chi connectivity index (χ0v) is 12.6. The van der Waals surface area contributed by atoms with Gasteiger partial charge in [0.25, 0.3) is 0 Å². The minimum Gasteiger partial charge on any atom is -0.326 e. The van der Waals surface area contributed by atoms with E-state index >= 15 is 0 Å². The van der Waals surface area contributed by atoms with E-state index in [0.717, 1.165) is 17.8 Å². The number of benzene rings is 2. The first-order valence-electron chi connectivity index (χ1n) is 7.36. The van der Waals surface area contributed by atoms with Crippen LogP contribution in [0.5, 0.6) is 0 Å². The molecule has 2 rings (SSSR count). The first-order chi connectivity index (χ1) is 10.2. The molecule has 2 N–H and O–H groups in total. The molecule has 0 saturated heterocycles. The quantitative estimate of drug-likeness (QED) is 0.851. The summed E-state index contributed by atoms with van der Waals surface area (Å²) in [6.07, 6.45) is 0.399. The molecular formula is C18H22N2O. The molecule has 0 aromatic heterocycles. The van der Waals surface area contributed by atoms with Crippen molar-refractivity contribution in [3.63, 3.8) is 0 Å². The highest BCUT2D eigenvalue weighted by Crippen LogP contribution is 2.16. The molecule has 0 aliphatic rings. The first-order valence-corrected chi connectivity index (χ1v) is 7.36. The molecule has 0 aliphatic heterocycles. The summed E-state index contributed by atoms with van der Waals surface area (Å²) in [4.78, 5) is 12.0. The van der Waals surface area contributed by atoms with Crippen molar-refractivity contribution in [2.24, 2.45) is 0 Å². The number of rotatable bonds is 6. The molecule has 0 spiro atoms. The van der Waals surface area contributed by atoms with Gasteiger partial charge in [0, 0.05) is 11.7 Å². The molecule has 0 aliphatic carbocycles. The normalized spacial score (nSPS) is 11.9. The Balaban J connectivity index is 1.92. The van der Waals surface area contributed by atoms with Crippen LogP contribution in [0, 0.1) is 0 Å². The highest BCUT2D eigenvalue weighted by Gasteiger charge is 2.06. The Hall–Kier alpha value is -2.13. The van der Waals surface area contributed by atoms with Crippen LogP contribution in [0.2, 0.25) is 0 Å². The Morgan fingerprint density at radius 3 is 2.33 bits per heavy atom. The maximum Gasteiger partial charge on any atom is 0.228 e. The first kappa shape index (κ1) is 15.3. The summed E-state index contributed by atoms with van der Waals surface area (Å²) in [5.41, 5.74) is 3.08. The number of nitrogens with one attached hydrogen (secondary N) is 2. The van der Waals surface area contributed by atoms with Gasteiger partial charge >= 0.3 is 0 Å². The Bertz CT molecular complexity index is 564. The predicted molar refractivity (Wildman–Crippen MR) is 87.3 cm³/mol. The summed E-state index contributed by atoms with van der Waals surface area (Å²) in [6.45, 7) is 5.16. The molecule has 2 aromatic carbocycles. The third-order valence-electron chi connectivity index (χ3n) is 3.41. The third kappa shape index (κ3) is 4.72. The van der Waals surface area contributed by atoms with Crippen LogP contribution in [0.3, 0.4) is 0 Å². The minimum atomic E-state index is 0.00804. The van der Waals surface area contributed by atoms with Crippen molar-refractivity contribution in [3.8, 4) is 0 Å². The van der Waals surface area contributed by atoms with Crippen molar-refractivity contribution < 1.29 is 4.79 Å². The van der Waals surface area contributed by atoms with E-state index < -0.39 is 0 Å². The number of hydrogen-bond donors (Lipinski definition) is 2. The van der Waals surface area contributed by atoms with Gasteiger partial charge in [-0.15, -0.1) is 0 Å². The third-order valence-corrected chi connectivity index (χ3v) is 3.41. The molecule has 0 saturated carbocycles. The molecule has 2 aromatic rings. The second-order valence-electron chi connectivity index (χ2n) is 5.11. The lowest BCUT2D eigenvalue weighted by Gasteiger charge is -2.13. The van der Waals surface area contributed by atoms with Gasteiger partial charge in [-0.2, -0.15) is 0 Å². The molecule has 0 radical (unpaired) electrons. The van der Waals surface area contributed by atoms with E-state index in [2.05, 4.69) is 24.5 Å². The summed E-state index contributed by atoms with van der Waals surface area (Å²) >= 11 is 0. The van der Waals surface area contributed by atoms with Crippen LogP contribution in [0.4, 0.5) is 5.69 Å². The van der Waals surface area contributed by atoms with Gasteiger partial charge in [-0.25, -0.2) is 0 Å². The van der Waals surface area contributed by atoms with E-state index in [1.54, 1.807) is 0 Å². The fraction of sp³-hybridized carbons (Fsp3) is 0.278. The molecule has 21 heavy (non-hydrogen) atoms. The maximum absolute atomic E-state index is 12.0. The largest absolute Gasteiger partial charge is 0.326 e. The fourth-order valence-corrected chi connectivity index (χ4v) is 2.27. The smallest absolute Gasteiger partial charge is 0.228 e. The molecule has 3 heteroatoms. The topological polar surface area (TPSA) is 41.1 Å². The van der Waals surface area contributed by atoms with Gasteiger partial charge in [-0.05, 0) is 36.7 Å². The molecule has 110 valence electrons. The lowest BCUT2D eigenvalue weighted by molar-refractivity contribution is -0.115. The van der Waals surface area contributed by atoms with Crippen molar-refractivity contribution in [3.05, 3.63) is 65.7 Å². The standard InChI is InChI=1S/C18H22N2O/c1-3-19-14(2)16-9-11-17(12-10-16)20-18(21)13-15-7-5-4-6-8-15/h4-12,14,19H,3,13H2,1-2H3,(H,20,21). The van der Waals surface area contributed by atoms with E-state index in [0.29, 0.717) is 12.5 Å². The average molecular weight is 282 g/mol. The van der Waals surface area contributed by atoms with Crippen LogP contribution < -0.4 is 10.6 Å². The van der Waals surface area contributed by atoms with Gasteiger partial charge in [0.15, 0.2) is 0 Å². The van der Waals surface area contributed by atoms with Crippen LogP contribution >= 0.6 is 0 Å². The van der Waals surface area contributed by atoms with E-state index in [9.17, 15) is 4.79 Å². The maximum atomic E-state index is 12.0. The summed E-state index contributed by atoms with van der Waals surface area (Å²) in [6, 6.07) is 18.1. The highest BCUT2D eigenvalue weighted by atomic mass is 16.1. The van der Waals surface area contributed by atoms with E-state index in [1.165, 1.54) is 5.56 Å². The van der Waals surface area contributed by atoms with Gasteiger partial charge < -0.3 is 10.6 Å². The van der Waals surface area contributed by atoms with E-state index in [-0.39, 0.29) is 5.91 Å². The zero-order valence-electron chi connectivity index (χ0n) is 12.6. The lowest BCUT2D eigenvalue weighted by atomic mass is 10.1. The average Bonchev–Trinajstić information content (AvgIpc) is 2.49. The SMILES string of the molecule is CCNC(C)c1ccc(NC(=O)Cc2ccccc2)cc1. The molecule has 0 bridgehead atoms. The number of anilines is 1. The van der Waals surface area contributed by atoms with Crippen LogP contribution in [0.25, 0.3) is 0 Å². The minimum absolute atomic E-state index is 0.00804. The monoisotopic (exact) mass is 282 g/mol. The number of carbonyl (C=O) groups excluding carboxylic acids is 1. The molecule has 1 unspecified atom stereocenters. The van der Waals surface area contributed by atoms with Crippen molar-refractivity contribution in [2.45, 2.75) is 26.3 Å². The van der Waals surface area contributed by atoms with Gasteiger partial charge in [0.1, 0.15) is 0 Å². The Morgan fingerprint density at radius 2 is 1.71 bits per heavy atom. The Kier molecular flexibility index (Phi) is 5.52. The van der Waals surface area contributed by atoms with Crippen molar-refractivity contribution >= 4 is 11.6 Å². The Morgan fingerprint density at radius 1 is 1.05 bits per heavy atom. The molecular weight excluding hydrogens is 260 g/mol. The zero-order chi connectivity index (χ0) is 15.1. The van der Waals surface area contributed by atoms with E-state index in [1.807, 2.05) is 54.6 Å². The number of carbonyl (C=O) groups is 1. The number of amides is 1. The summed E-state index contributed by atoms with van der Waals surface area (Å²) in [5, 5.41) is 6.30. The second-order valence-corrected chi connectivity index (χ2v) is 5.11. The molecule has 1 atom stereocenters. The lowest BCUT2D eigenvalue weighted by Crippen LogP contribution is -2.18. The van der Waals surface area contributed by atoms with Crippen LogP contribution in [0.1, 0.15) is 31.0 Å². The fourth-order valence-electron chi connectivity index (χ4n) is 2.27. The summed E-state index contributed by atoms with van der Waals surface area (Å²) < 4.78 is 0. The van der Waals surface area contributed by atoms with Gasteiger partial charge in [-0.3, -0.25) is 4.79 Å². The summed E-state index contributed by atoms with van der Waals surface area (Å²) in [5.74, 6) is 0.00804. The molecule has 0 heterocycles. The van der Waals surface area contributed by atoms with Gasteiger partial charge in [-0.1, -0.05) is 49.4 Å². The molecule has 1 amide bonds. The van der Waals surface area contributed by atoms with Crippen molar-refractivity contribution in [2.75, 3.05) is 11.9 Å². The van der Waals surface area contributed by atoms with E-state index in [4.69, 9.17) is 0 Å². The van der Waals surface area contributed by atoms with Crippen LogP contribution in [-0.2, 0) is 11.2 Å². The Labute approximate surface area is 126 Å². The summed E-state index contributed by atoms with van der Waals surface area (Å²) in [7, 11) is 0. The predicted octanol–water partition coefficient (Wildman–Crippen LogP) is 3.54. The molecule has 0 fully saturated rings. The molecule has 3 nitrogen and oxygen atoms in total. The number of hydrogen-bond acceptors (Lipinski definition) is 2.